The molecule has 1 aromatic heterocycles. The first-order chi connectivity index (χ1) is 14.0. The number of imidazole rings is 1. The molecule has 0 saturated carbocycles. The molecule has 0 aliphatic carbocycles. The van der Waals surface area contributed by atoms with Crippen LogP contribution in [0.4, 0.5) is 0 Å². The van der Waals surface area contributed by atoms with Crippen molar-refractivity contribution in [2.75, 3.05) is 13.2 Å². The Morgan fingerprint density at radius 3 is 2.40 bits per heavy atom. The van der Waals surface area contributed by atoms with Crippen LogP contribution in [-0.4, -0.2) is 46.1 Å². The second-order valence-electron chi connectivity index (χ2n) is 8.29. The predicted octanol–water partition coefficient (Wildman–Crippen LogP) is 1.64. The monoisotopic (exact) mass is 456 g/mol. The summed E-state index contributed by atoms with van der Waals surface area (Å²) in [5, 5.41) is -0.0347. The summed E-state index contributed by atoms with van der Waals surface area (Å²) in [6.07, 6.45) is 3.05. The van der Waals surface area contributed by atoms with Crippen LogP contribution in [0, 0.1) is 0 Å². The van der Waals surface area contributed by atoms with Crippen LogP contribution in [0.25, 0.3) is 0 Å². The van der Waals surface area contributed by atoms with E-state index in [1.54, 1.807) is 12.1 Å². The maximum absolute atomic E-state index is 12.7. The molecule has 0 spiro atoms. The minimum Gasteiger partial charge on any atom is -0.377 e. The lowest BCUT2D eigenvalue weighted by Gasteiger charge is -2.18. The summed E-state index contributed by atoms with van der Waals surface area (Å²) in [7, 11) is -7.47. The lowest BCUT2D eigenvalue weighted by Crippen LogP contribution is -2.31. The quantitative estimate of drug-likeness (QED) is 0.554. The van der Waals surface area contributed by atoms with Crippen molar-refractivity contribution in [3.8, 4) is 0 Å². The number of rotatable bonds is 8. The molecular weight excluding hydrogens is 428 g/mol. The van der Waals surface area contributed by atoms with Gasteiger partial charge in [0.2, 0.25) is 10.0 Å². The van der Waals surface area contributed by atoms with Gasteiger partial charge in [0.1, 0.15) is 0 Å². The molecule has 30 heavy (non-hydrogen) atoms. The molecule has 0 radical (unpaired) electrons. The Labute approximate surface area is 177 Å². The molecule has 9 nitrogen and oxygen atoms in total. The second kappa shape index (κ2) is 8.75. The van der Waals surface area contributed by atoms with Crippen molar-refractivity contribution < 1.29 is 21.6 Å². The molecular formula is C19H28N4O5S2. The summed E-state index contributed by atoms with van der Waals surface area (Å²) in [6, 6.07) is 6.07. The van der Waals surface area contributed by atoms with Gasteiger partial charge >= 0.3 is 0 Å². The van der Waals surface area contributed by atoms with E-state index in [1.165, 1.54) is 18.5 Å². The van der Waals surface area contributed by atoms with Crippen LogP contribution in [0.2, 0.25) is 0 Å². The Morgan fingerprint density at radius 1 is 1.10 bits per heavy atom. The largest absolute Gasteiger partial charge is 0.377 e. The normalized spacial score (nSPS) is 18.0. The van der Waals surface area contributed by atoms with Crippen molar-refractivity contribution in [3.05, 3.63) is 41.9 Å². The summed E-state index contributed by atoms with van der Waals surface area (Å²) < 4.78 is 60.7. The van der Waals surface area contributed by atoms with Gasteiger partial charge in [-0.25, -0.2) is 31.3 Å². The van der Waals surface area contributed by atoms with Crippen LogP contribution in [-0.2, 0) is 36.7 Å². The minimum absolute atomic E-state index is 0.0163. The Hall–Kier alpha value is -1.79. The number of ether oxygens (including phenoxy) is 1. The standard InChI is InChI=1S/C19H28N4O5S2/c1-19(2,3)17-18(21-13-20-17)30(26,27)22-11-14-6-8-16(9-7-14)29(24,25)23-12-15-5-4-10-28-15/h6-9,13,15,22-23H,4-5,10-12H2,1-3H3,(H,20,21). The third kappa shape index (κ3) is 5.46. The average Bonchev–Trinajstić information content (AvgIpc) is 3.37. The number of sulfonamides is 2. The van der Waals surface area contributed by atoms with Gasteiger partial charge in [0, 0.05) is 25.1 Å². The molecule has 11 heteroatoms. The highest BCUT2D eigenvalue weighted by molar-refractivity contribution is 7.89. The summed E-state index contributed by atoms with van der Waals surface area (Å²) >= 11 is 0. The third-order valence-corrected chi connectivity index (χ3v) is 7.62. The van der Waals surface area contributed by atoms with Gasteiger partial charge in [-0.3, -0.25) is 0 Å². The molecule has 1 aromatic carbocycles. The van der Waals surface area contributed by atoms with Crippen LogP contribution < -0.4 is 9.44 Å². The fourth-order valence-corrected chi connectivity index (χ4v) is 5.53. The number of aromatic nitrogens is 2. The van der Waals surface area contributed by atoms with Crippen molar-refractivity contribution in [2.45, 2.75) is 61.6 Å². The Kier molecular flexibility index (Phi) is 6.68. The fraction of sp³-hybridized carbons (Fsp3) is 0.526. The molecule has 1 aliphatic heterocycles. The summed E-state index contributed by atoms with van der Waals surface area (Å²) in [6.45, 7) is 6.60. The fourth-order valence-electron chi connectivity index (χ4n) is 3.15. The highest BCUT2D eigenvalue weighted by atomic mass is 32.2. The zero-order valence-electron chi connectivity index (χ0n) is 17.3. The van der Waals surface area contributed by atoms with Gasteiger partial charge in [0.05, 0.1) is 23.0 Å². The molecule has 3 rings (SSSR count). The first-order valence-electron chi connectivity index (χ1n) is 9.73. The van der Waals surface area contributed by atoms with Crippen molar-refractivity contribution in [1.82, 2.24) is 19.4 Å². The lowest BCUT2D eigenvalue weighted by atomic mass is 9.93. The number of nitrogens with zero attached hydrogens (tertiary/aromatic N) is 1. The number of aromatic amines is 1. The van der Waals surface area contributed by atoms with Gasteiger partial charge in [0.15, 0.2) is 5.03 Å². The van der Waals surface area contributed by atoms with Crippen LogP contribution in [0.1, 0.15) is 44.9 Å². The number of benzene rings is 1. The number of hydrogen-bond donors (Lipinski definition) is 3. The first kappa shape index (κ1) is 22.9. The second-order valence-corrected chi connectivity index (χ2v) is 11.7. The number of nitrogens with one attached hydrogen (secondary N) is 3. The summed E-state index contributed by atoms with van der Waals surface area (Å²) in [5.74, 6) is 0. The zero-order chi connectivity index (χ0) is 22.0. The predicted molar refractivity (Wildman–Crippen MR) is 112 cm³/mol. The van der Waals surface area contributed by atoms with Crippen molar-refractivity contribution in [2.24, 2.45) is 0 Å². The molecule has 0 bridgehead atoms. The molecule has 3 N–H and O–H groups in total. The average molecular weight is 457 g/mol. The van der Waals surface area contributed by atoms with Crippen molar-refractivity contribution in [3.63, 3.8) is 0 Å². The van der Waals surface area contributed by atoms with E-state index in [-0.39, 0.29) is 29.1 Å². The van der Waals surface area contributed by atoms with Gasteiger partial charge in [-0.15, -0.1) is 0 Å². The van der Waals surface area contributed by atoms with Crippen LogP contribution >= 0.6 is 0 Å². The Morgan fingerprint density at radius 2 is 1.80 bits per heavy atom. The highest BCUT2D eigenvalue weighted by Crippen LogP contribution is 2.25. The molecule has 2 heterocycles. The van der Waals surface area contributed by atoms with Crippen LogP contribution in [0.3, 0.4) is 0 Å². The van der Waals surface area contributed by atoms with Crippen molar-refractivity contribution >= 4 is 20.0 Å². The molecule has 1 unspecified atom stereocenters. The van der Waals surface area contributed by atoms with Gasteiger partial charge in [-0.2, -0.15) is 0 Å². The molecule has 1 aliphatic rings. The van der Waals surface area contributed by atoms with Gasteiger partial charge in [-0.1, -0.05) is 32.9 Å². The van der Waals surface area contributed by atoms with E-state index >= 15 is 0 Å². The van der Waals surface area contributed by atoms with E-state index < -0.39 is 25.5 Å². The number of hydrogen-bond acceptors (Lipinski definition) is 6. The molecule has 1 atom stereocenters. The first-order valence-corrected chi connectivity index (χ1v) is 12.7. The maximum atomic E-state index is 12.7. The van der Waals surface area contributed by atoms with Gasteiger partial charge in [0.25, 0.3) is 10.0 Å². The Bertz CT molecular complexity index is 1060. The van der Waals surface area contributed by atoms with E-state index in [2.05, 4.69) is 19.4 Å². The minimum atomic E-state index is -3.82. The molecule has 1 saturated heterocycles. The third-order valence-electron chi connectivity index (χ3n) is 4.83. The van der Waals surface area contributed by atoms with E-state index in [0.717, 1.165) is 12.8 Å². The van der Waals surface area contributed by atoms with E-state index in [9.17, 15) is 16.8 Å². The van der Waals surface area contributed by atoms with Gasteiger partial charge < -0.3 is 9.72 Å². The SMILES string of the molecule is CC(C)(C)c1[nH]cnc1S(=O)(=O)NCc1ccc(S(=O)(=O)NCC2CCCO2)cc1. The lowest BCUT2D eigenvalue weighted by molar-refractivity contribution is 0.114. The summed E-state index contributed by atoms with van der Waals surface area (Å²) in [5.41, 5.74) is 0.742. The Balaban J connectivity index is 1.64. The topological polar surface area (TPSA) is 130 Å². The van der Waals surface area contributed by atoms with Crippen LogP contribution in [0.15, 0.2) is 40.5 Å². The number of H-pyrrole nitrogens is 1. The van der Waals surface area contributed by atoms with E-state index in [1.807, 2.05) is 20.8 Å². The highest BCUT2D eigenvalue weighted by Gasteiger charge is 2.28. The summed E-state index contributed by atoms with van der Waals surface area (Å²) in [4.78, 5) is 6.98. The maximum Gasteiger partial charge on any atom is 0.260 e. The van der Waals surface area contributed by atoms with Crippen LogP contribution in [0.5, 0.6) is 0 Å². The van der Waals surface area contributed by atoms with E-state index in [4.69, 9.17) is 4.74 Å². The van der Waals surface area contributed by atoms with E-state index in [0.29, 0.717) is 17.9 Å². The molecule has 0 amide bonds. The smallest absolute Gasteiger partial charge is 0.260 e. The molecule has 166 valence electrons. The van der Waals surface area contributed by atoms with Gasteiger partial charge in [-0.05, 0) is 30.5 Å². The van der Waals surface area contributed by atoms with Crippen molar-refractivity contribution in [1.29, 1.82) is 0 Å². The molecule has 2 aromatic rings. The molecule has 1 fully saturated rings. The zero-order valence-corrected chi connectivity index (χ0v) is 18.9.